The largest absolute Gasteiger partial charge is 0.494 e. The average molecular weight is 271 g/mol. The van der Waals surface area contributed by atoms with Crippen LogP contribution in [0.2, 0.25) is 0 Å². The van der Waals surface area contributed by atoms with Crippen molar-refractivity contribution in [3.8, 4) is 11.8 Å². The van der Waals surface area contributed by atoms with E-state index < -0.39 is 0 Å². The van der Waals surface area contributed by atoms with E-state index in [4.69, 9.17) is 4.74 Å². The van der Waals surface area contributed by atoms with Gasteiger partial charge in [0.05, 0.1) is 18.1 Å². The standard InChI is InChI=1S/C18H25NO/c1-2-16-9-12-18(15-19,13-10-16)11-6-14-20-17-7-4-3-5-8-17/h3-5,7-8,16H,2,6,9-14H2,1H3. The summed E-state index contributed by atoms with van der Waals surface area (Å²) < 4.78 is 5.72. The molecule has 1 aromatic carbocycles. The Morgan fingerprint density at radius 2 is 1.95 bits per heavy atom. The van der Waals surface area contributed by atoms with Crippen molar-refractivity contribution < 1.29 is 4.74 Å². The minimum absolute atomic E-state index is 0.0777. The number of ether oxygens (including phenoxy) is 1. The fraction of sp³-hybridized carbons (Fsp3) is 0.611. The summed E-state index contributed by atoms with van der Waals surface area (Å²) in [6.45, 7) is 2.97. The second-order valence-electron chi connectivity index (χ2n) is 6.01. The first-order chi connectivity index (χ1) is 9.78. The van der Waals surface area contributed by atoms with E-state index >= 15 is 0 Å². The Labute approximate surface area is 122 Å². The van der Waals surface area contributed by atoms with E-state index in [1.54, 1.807) is 0 Å². The van der Waals surface area contributed by atoms with Crippen LogP contribution in [-0.2, 0) is 0 Å². The third-order valence-electron chi connectivity index (χ3n) is 4.69. The van der Waals surface area contributed by atoms with Crippen molar-refractivity contribution in [2.45, 2.75) is 51.9 Å². The highest BCUT2D eigenvalue weighted by atomic mass is 16.5. The molecule has 2 heteroatoms. The number of hydrogen-bond acceptors (Lipinski definition) is 2. The van der Waals surface area contributed by atoms with Gasteiger partial charge in [-0.3, -0.25) is 0 Å². The lowest BCUT2D eigenvalue weighted by molar-refractivity contribution is 0.178. The van der Waals surface area contributed by atoms with E-state index in [9.17, 15) is 5.26 Å². The van der Waals surface area contributed by atoms with Crippen LogP contribution in [0.4, 0.5) is 0 Å². The molecule has 2 nitrogen and oxygen atoms in total. The molecular formula is C18H25NO. The van der Waals surface area contributed by atoms with E-state index in [-0.39, 0.29) is 5.41 Å². The molecule has 1 aliphatic carbocycles. The molecule has 0 unspecified atom stereocenters. The Hall–Kier alpha value is -1.49. The number of nitrogens with zero attached hydrogens (tertiary/aromatic N) is 1. The molecule has 0 atom stereocenters. The average Bonchev–Trinajstić information content (AvgIpc) is 2.53. The van der Waals surface area contributed by atoms with Crippen LogP contribution in [0.3, 0.4) is 0 Å². The predicted octanol–water partition coefficient (Wildman–Crippen LogP) is 4.96. The maximum Gasteiger partial charge on any atom is 0.119 e. The summed E-state index contributed by atoms with van der Waals surface area (Å²) in [4.78, 5) is 0. The van der Waals surface area contributed by atoms with Gasteiger partial charge in [0.1, 0.15) is 5.75 Å². The topological polar surface area (TPSA) is 33.0 Å². The molecule has 0 heterocycles. The van der Waals surface area contributed by atoms with Gasteiger partial charge in [-0.25, -0.2) is 0 Å². The van der Waals surface area contributed by atoms with Gasteiger partial charge >= 0.3 is 0 Å². The first-order valence-corrected chi connectivity index (χ1v) is 7.87. The summed E-state index contributed by atoms with van der Waals surface area (Å²) in [6, 6.07) is 12.5. The van der Waals surface area contributed by atoms with E-state index in [2.05, 4.69) is 13.0 Å². The Kier molecular flexibility index (Phi) is 5.47. The Bertz CT molecular complexity index is 426. The molecule has 1 aliphatic rings. The summed E-state index contributed by atoms with van der Waals surface area (Å²) >= 11 is 0. The van der Waals surface area contributed by atoms with E-state index in [0.29, 0.717) is 6.61 Å². The highest BCUT2D eigenvalue weighted by Gasteiger charge is 2.34. The van der Waals surface area contributed by atoms with Crippen molar-refractivity contribution in [2.75, 3.05) is 6.61 Å². The first-order valence-electron chi connectivity index (χ1n) is 7.87. The van der Waals surface area contributed by atoms with Gasteiger partial charge < -0.3 is 4.74 Å². The second kappa shape index (κ2) is 7.33. The van der Waals surface area contributed by atoms with Crippen molar-refractivity contribution in [1.29, 1.82) is 5.26 Å². The summed E-state index contributed by atoms with van der Waals surface area (Å²) in [5.41, 5.74) is -0.0777. The molecule has 1 aromatic rings. The van der Waals surface area contributed by atoms with Gasteiger partial charge in [0.25, 0.3) is 0 Å². The predicted molar refractivity (Wildman–Crippen MR) is 81.5 cm³/mol. The van der Waals surface area contributed by atoms with E-state index in [1.165, 1.54) is 19.3 Å². The normalized spacial score (nSPS) is 25.9. The molecule has 0 amide bonds. The quantitative estimate of drug-likeness (QED) is 0.685. The molecule has 0 N–H and O–H groups in total. The van der Waals surface area contributed by atoms with Crippen LogP contribution in [0.15, 0.2) is 30.3 Å². The van der Waals surface area contributed by atoms with Crippen molar-refractivity contribution in [3.05, 3.63) is 30.3 Å². The van der Waals surface area contributed by atoms with Crippen LogP contribution >= 0.6 is 0 Å². The fourth-order valence-electron chi connectivity index (χ4n) is 3.17. The van der Waals surface area contributed by atoms with E-state index in [0.717, 1.165) is 37.4 Å². The van der Waals surface area contributed by atoms with Crippen molar-refractivity contribution in [1.82, 2.24) is 0 Å². The van der Waals surface area contributed by atoms with Crippen LogP contribution in [-0.4, -0.2) is 6.61 Å². The second-order valence-corrected chi connectivity index (χ2v) is 6.01. The summed E-state index contributed by atoms with van der Waals surface area (Å²) in [5.74, 6) is 1.77. The molecule has 0 saturated heterocycles. The molecule has 108 valence electrons. The molecule has 1 fully saturated rings. The van der Waals surface area contributed by atoms with Gasteiger partial charge in [0.2, 0.25) is 0 Å². The molecule has 0 radical (unpaired) electrons. The molecule has 0 bridgehead atoms. The maximum atomic E-state index is 9.53. The lowest BCUT2D eigenvalue weighted by atomic mass is 9.68. The SMILES string of the molecule is CCC1CCC(C#N)(CCCOc2ccccc2)CC1. The highest BCUT2D eigenvalue weighted by molar-refractivity contribution is 5.20. The number of benzene rings is 1. The van der Waals surface area contributed by atoms with Crippen LogP contribution in [0.5, 0.6) is 5.75 Å². The third kappa shape index (κ3) is 4.00. The van der Waals surface area contributed by atoms with Crippen LogP contribution < -0.4 is 4.74 Å². The number of rotatable bonds is 6. The number of nitriles is 1. The lowest BCUT2D eigenvalue weighted by Crippen LogP contribution is -2.26. The molecule has 0 aromatic heterocycles. The summed E-state index contributed by atoms with van der Waals surface area (Å²) in [6.07, 6.45) is 7.82. The van der Waals surface area contributed by atoms with Gasteiger partial charge in [0.15, 0.2) is 0 Å². The van der Waals surface area contributed by atoms with Crippen molar-refractivity contribution >= 4 is 0 Å². The zero-order chi connectivity index (χ0) is 14.3. The molecular weight excluding hydrogens is 246 g/mol. The van der Waals surface area contributed by atoms with E-state index in [1.807, 2.05) is 30.3 Å². The minimum Gasteiger partial charge on any atom is -0.494 e. The molecule has 2 rings (SSSR count). The van der Waals surface area contributed by atoms with Gasteiger partial charge in [-0.2, -0.15) is 5.26 Å². The zero-order valence-electron chi connectivity index (χ0n) is 12.5. The van der Waals surface area contributed by atoms with Gasteiger partial charge in [-0.05, 0) is 56.6 Å². The Balaban J connectivity index is 1.73. The summed E-state index contributed by atoms with van der Waals surface area (Å²) in [7, 11) is 0. The smallest absolute Gasteiger partial charge is 0.119 e. The van der Waals surface area contributed by atoms with Gasteiger partial charge in [0, 0.05) is 0 Å². The van der Waals surface area contributed by atoms with Gasteiger partial charge in [-0.1, -0.05) is 31.5 Å². The molecule has 20 heavy (non-hydrogen) atoms. The minimum atomic E-state index is -0.0777. The Morgan fingerprint density at radius 1 is 1.25 bits per heavy atom. The number of para-hydroxylation sites is 1. The number of hydrogen-bond donors (Lipinski definition) is 0. The van der Waals surface area contributed by atoms with Gasteiger partial charge in [-0.15, -0.1) is 0 Å². The maximum absolute atomic E-state index is 9.53. The molecule has 0 aliphatic heterocycles. The third-order valence-corrected chi connectivity index (χ3v) is 4.69. The fourth-order valence-corrected chi connectivity index (χ4v) is 3.17. The van der Waals surface area contributed by atoms with Crippen LogP contribution in [0.25, 0.3) is 0 Å². The van der Waals surface area contributed by atoms with Crippen molar-refractivity contribution in [3.63, 3.8) is 0 Å². The molecule has 1 saturated carbocycles. The first kappa shape index (κ1) is 14.9. The highest BCUT2D eigenvalue weighted by Crippen LogP contribution is 2.42. The van der Waals surface area contributed by atoms with Crippen molar-refractivity contribution in [2.24, 2.45) is 11.3 Å². The zero-order valence-corrected chi connectivity index (χ0v) is 12.5. The van der Waals surface area contributed by atoms with Crippen LogP contribution in [0.1, 0.15) is 51.9 Å². The summed E-state index contributed by atoms with van der Waals surface area (Å²) in [5, 5.41) is 9.53. The molecule has 0 spiro atoms. The lowest BCUT2D eigenvalue weighted by Gasteiger charge is -2.34. The van der Waals surface area contributed by atoms with Crippen LogP contribution in [0, 0.1) is 22.7 Å². The monoisotopic (exact) mass is 271 g/mol. The Morgan fingerprint density at radius 3 is 2.55 bits per heavy atom.